The van der Waals surface area contributed by atoms with E-state index in [2.05, 4.69) is 156 Å². The topological polar surface area (TPSA) is 55.6 Å². The van der Waals surface area contributed by atoms with E-state index in [1.165, 1.54) is 94.0 Å². The molecule has 4 aromatic carbocycles. The summed E-state index contributed by atoms with van der Waals surface area (Å²) in [6.45, 7) is 3.17. The first-order valence-corrected chi connectivity index (χ1v) is 17.8. The molecule has 2 aliphatic rings. The third kappa shape index (κ3) is 8.01. The van der Waals surface area contributed by atoms with Gasteiger partial charge in [-0.25, -0.2) is 0 Å². The van der Waals surface area contributed by atoms with Crippen molar-refractivity contribution >= 4 is 78.5 Å². The lowest BCUT2D eigenvalue weighted by atomic mass is 9.91. The van der Waals surface area contributed by atoms with Crippen molar-refractivity contribution in [3.8, 4) is 0 Å². The van der Waals surface area contributed by atoms with Crippen LogP contribution in [-0.4, -0.2) is 9.97 Å². The molecule has 0 fully saturated rings. The molecule has 2 aliphatic carbocycles. The molecule has 0 saturated heterocycles. The zero-order valence-corrected chi connectivity index (χ0v) is 31.3. The third-order valence-electron chi connectivity index (χ3n) is 9.48. The van der Waals surface area contributed by atoms with Crippen LogP contribution in [0.4, 0.5) is 0 Å². The van der Waals surface area contributed by atoms with Crippen LogP contribution in [0.25, 0.3) is 21.8 Å². The van der Waals surface area contributed by atoms with E-state index in [4.69, 9.17) is 0 Å². The first-order chi connectivity index (χ1) is 22.0. The van der Waals surface area contributed by atoms with Gasteiger partial charge in [-0.1, -0.05) is 105 Å². The second-order valence-corrected chi connectivity index (χ2v) is 14.3. The average Bonchev–Trinajstić information content (AvgIpc) is 3.63. The molecule has 0 spiro atoms. The average molecular weight is 798 g/mol. The van der Waals surface area contributed by atoms with Gasteiger partial charge in [0.05, 0.1) is 0 Å². The van der Waals surface area contributed by atoms with Gasteiger partial charge in [-0.05, 0) is 92.0 Å². The van der Waals surface area contributed by atoms with Gasteiger partial charge < -0.3 is 20.6 Å². The van der Waals surface area contributed by atoms with Gasteiger partial charge in [0.2, 0.25) is 0 Å². The summed E-state index contributed by atoms with van der Waals surface area (Å²) in [6.07, 6.45) is 7.25. The fourth-order valence-electron chi connectivity index (χ4n) is 7.23. The predicted octanol–water partition coefficient (Wildman–Crippen LogP) is 11.6. The summed E-state index contributed by atoms with van der Waals surface area (Å²) in [6, 6.07) is 35.6. The van der Waals surface area contributed by atoms with Crippen LogP contribution in [-0.2, 0) is 19.4 Å². The summed E-state index contributed by atoms with van der Waals surface area (Å²) in [5.74, 6) is 0. The summed E-state index contributed by atoms with van der Waals surface area (Å²) >= 11 is 7.14. The number of rotatable bonds is 6. The van der Waals surface area contributed by atoms with Crippen molar-refractivity contribution in [2.24, 2.45) is 0 Å². The summed E-state index contributed by atoms with van der Waals surface area (Å²) in [7, 11) is 0. The van der Waals surface area contributed by atoms with E-state index >= 15 is 0 Å². The minimum absolute atomic E-state index is 0. The zero-order valence-electron chi connectivity index (χ0n) is 26.5. The maximum atomic E-state index is 3.82. The molecule has 4 N–H and O–H groups in total. The Labute approximate surface area is 307 Å². The number of aromatic nitrogens is 2. The number of aromatic amines is 2. The van der Waals surface area contributed by atoms with Crippen LogP contribution in [0.5, 0.6) is 0 Å². The van der Waals surface area contributed by atoms with Gasteiger partial charge in [-0.3, -0.25) is 0 Å². The SMILES string of the molecule is Brc1ccc2c3c([nH]c2c1)C(NCc1ccccc1)CCC3.C[C@@H](NC1CCCc2c1[nH]c1cc(Br)ccc21)c1ccccc1.Cl.Cl. The number of hydrogen-bond acceptors (Lipinski definition) is 2. The van der Waals surface area contributed by atoms with Crippen molar-refractivity contribution in [2.75, 3.05) is 0 Å². The highest BCUT2D eigenvalue weighted by atomic mass is 79.9. The monoisotopic (exact) mass is 794 g/mol. The Bertz CT molecular complexity index is 1900. The Morgan fingerprint density at radius 1 is 0.681 bits per heavy atom. The Hall–Kier alpha value is -2.58. The van der Waals surface area contributed by atoms with Crippen LogP contribution in [0.15, 0.2) is 106 Å². The highest BCUT2D eigenvalue weighted by Gasteiger charge is 2.26. The molecule has 8 rings (SSSR count). The van der Waals surface area contributed by atoms with Gasteiger partial charge in [0.1, 0.15) is 0 Å². The Morgan fingerprint density at radius 2 is 1.19 bits per heavy atom. The van der Waals surface area contributed by atoms with E-state index < -0.39 is 0 Å². The molecule has 2 aromatic heterocycles. The standard InChI is InChI=1S/C20H21BrN2.C19H19BrN2.2ClH/c1-13(14-6-3-2-4-7-14)22-18-9-5-8-17-16-11-10-15(21)12-19(16)23-20(17)18;20-14-9-10-15-16-7-4-8-17(19(16)22-18(15)11-14)21-12-13-5-2-1-3-6-13;;/h2-4,6-7,10-13,18,22-23H,5,8-9H2,1H3;1-3,5-6,9-11,17,21-22H,4,7-8,12H2;2*1H/t13-,18?;;;/m1.../s1. The molecule has 0 radical (unpaired) electrons. The number of H-pyrrole nitrogens is 2. The summed E-state index contributed by atoms with van der Waals surface area (Å²) in [5, 5.41) is 10.3. The van der Waals surface area contributed by atoms with Crippen molar-refractivity contribution in [3.05, 3.63) is 140 Å². The molecular formula is C39H42Br2Cl2N4. The Morgan fingerprint density at radius 3 is 1.77 bits per heavy atom. The van der Waals surface area contributed by atoms with E-state index in [1.807, 2.05) is 0 Å². The second-order valence-electron chi connectivity index (χ2n) is 12.5. The number of hydrogen-bond donors (Lipinski definition) is 4. The molecular weight excluding hydrogens is 755 g/mol. The van der Waals surface area contributed by atoms with Crippen LogP contribution in [0.2, 0.25) is 0 Å². The van der Waals surface area contributed by atoms with Crippen LogP contribution >= 0.6 is 56.7 Å². The summed E-state index contributed by atoms with van der Waals surface area (Å²) in [5.41, 5.74) is 10.9. The van der Waals surface area contributed by atoms with Crippen molar-refractivity contribution in [1.29, 1.82) is 0 Å². The molecule has 2 unspecified atom stereocenters. The van der Waals surface area contributed by atoms with Crippen LogP contribution in [0, 0.1) is 0 Å². The molecule has 6 aromatic rings. The zero-order chi connectivity index (χ0) is 30.8. The molecule has 3 atom stereocenters. The lowest BCUT2D eigenvalue weighted by molar-refractivity contribution is 0.410. The van der Waals surface area contributed by atoms with Crippen molar-refractivity contribution in [3.63, 3.8) is 0 Å². The lowest BCUT2D eigenvalue weighted by Gasteiger charge is -2.27. The van der Waals surface area contributed by atoms with Crippen LogP contribution < -0.4 is 10.6 Å². The number of fused-ring (bicyclic) bond motifs is 6. The molecule has 8 heteroatoms. The first kappa shape index (κ1) is 35.7. The minimum atomic E-state index is 0. The molecule has 2 heterocycles. The maximum Gasteiger partial charge on any atom is 0.0480 e. The van der Waals surface area contributed by atoms with E-state index in [0.29, 0.717) is 18.1 Å². The fourth-order valence-corrected chi connectivity index (χ4v) is 7.96. The Balaban J connectivity index is 0.000000177. The second kappa shape index (κ2) is 16.2. The predicted molar refractivity (Wildman–Crippen MR) is 209 cm³/mol. The van der Waals surface area contributed by atoms with Gasteiger partial charge in [0.15, 0.2) is 0 Å². The maximum absolute atomic E-state index is 3.82. The lowest BCUT2D eigenvalue weighted by Crippen LogP contribution is -2.27. The van der Waals surface area contributed by atoms with Crippen molar-refractivity contribution < 1.29 is 0 Å². The molecule has 0 bridgehead atoms. The first-order valence-electron chi connectivity index (χ1n) is 16.2. The van der Waals surface area contributed by atoms with E-state index in [0.717, 1.165) is 15.5 Å². The number of aryl methyl sites for hydroxylation is 2. The Kier molecular flexibility index (Phi) is 12.3. The molecule has 246 valence electrons. The number of nitrogens with one attached hydrogen (secondary N) is 4. The van der Waals surface area contributed by atoms with Crippen molar-refractivity contribution in [1.82, 2.24) is 20.6 Å². The van der Waals surface area contributed by atoms with Gasteiger partial charge in [0.25, 0.3) is 0 Å². The summed E-state index contributed by atoms with van der Waals surface area (Å²) in [4.78, 5) is 7.32. The highest BCUT2D eigenvalue weighted by Crippen LogP contribution is 2.37. The quantitative estimate of drug-likeness (QED) is 0.136. The van der Waals surface area contributed by atoms with Gasteiger partial charge in [0, 0.05) is 66.8 Å². The number of halogens is 4. The van der Waals surface area contributed by atoms with Gasteiger partial charge in [-0.15, -0.1) is 24.8 Å². The summed E-state index contributed by atoms with van der Waals surface area (Å²) < 4.78 is 2.26. The normalized spacial score (nSPS) is 17.4. The molecule has 47 heavy (non-hydrogen) atoms. The number of benzene rings is 4. The van der Waals surface area contributed by atoms with Gasteiger partial charge in [-0.2, -0.15) is 0 Å². The van der Waals surface area contributed by atoms with E-state index in [9.17, 15) is 0 Å². The largest absolute Gasteiger partial charge is 0.357 e. The molecule has 0 aliphatic heterocycles. The highest BCUT2D eigenvalue weighted by molar-refractivity contribution is 9.10. The fraction of sp³-hybridized carbons (Fsp3) is 0.282. The molecule has 0 saturated carbocycles. The van der Waals surface area contributed by atoms with Crippen LogP contribution in [0.1, 0.15) is 84.4 Å². The van der Waals surface area contributed by atoms with Crippen molar-refractivity contribution in [2.45, 2.75) is 70.1 Å². The van der Waals surface area contributed by atoms with E-state index in [-0.39, 0.29) is 24.8 Å². The molecule has 0 amide bonds. The minimum Gasteiger partial charge on any atom is -0.357 e. The smallest absolute Gasteiger partial charge is 0.0480 e. The van der Waals surface area contributed by atoms with Crippen LogP contribution in [0.3, 0.4) is 0 Å². The van der Waals surface area contributed by atoms with E-state index in [1.54, 1.807) is 0 Å². The molecule has 4 nitrogen and oxygen atoms in total. The van der Waals surface area contributed by atoms with Gasteiger partial charge >= 0.3 is 0 Å². The third-order valence-corrected chi connectivity index (χ3v) is 10.5.